The molecule has 0 aliphatic carbocycles. The van der Waals surface area contributed by atoms with Crippen molar-refractivity contribution in [2.24, 2.45) is 0 Å². The maximum absolute atomic E-state index is 12.4. The Bertz CT molecular complexity index is 729. The number of carboxylic acids is 1. The minimum Gasteiger partial charge on any atom is -0.479 e. The largest absolute Gasteiger partial charge is 0.479 e. The number of carboxylic acid groups (broad SMARTS) is 1. The first-order chi connectivity index (χ1) is 12.0. The van der Waals surface area contributed by atoms with Crippen LogP contribution in [0.15, 0.2) is 30.3 Å². The van der Waals surface area contributed by atoms with Gasteiger partial charge in [0, 0.05) is 30.2 Å². The van der Waals surface area contributed by atoms with E-state index >= 15 is 0 Å². The van der Waals surface area contributed by atoms with Gasteiger partial charge in [0.25, 0.3) is 5.91 Å². The van der Waals surface area contributed by atoms with Crippen LogP contribution in [0.25, 0.3) is 10.9 Å². The number of carbonyl (C=O) groups is 2. The molecule has 134 valence electrons. The zero-order valence-corrected chi connectivity index (χ0v) is 14.6. The summed E-state index contributed by atoms with van der Waals surface area (Å²) in [6.45, 7) is 4.38. The van der Waals surface area contributed by atoms with Crippen LogP contribution in [-0.4, -0.2) is 52.2 Å². The number of carbonyl (C=O) groups excluding carboxylic acids is 1. The van der Waals surface area contributed by atoms with Gasteiger partial charge in [-0.2, -0.15) is 0 Å². The minimum absolute atomic E-state index is 0.136. The molecule has 1 amide bonds. The van der Waals surface area contributed by atoms with Crippen LogP contribution in [-0.2, 0) is 14.3 Å². The fourth-order valence-corrected chi connectivity index (χ4v) is 3.41. The standard InChI is InChI=1S/C19H24N2O4/c1-12(25-13(2)19(23)24)18(22)21-9-7-14(8-10-21)17-11-15-5-3-4-6-16(15)20-17/h3-6,11-14,20H,7-10H2,1-2H3,(H,23,24). The number of nitrogens with zero attached hydrogens (tertiary/aromatic N) is 1. The van der Waals surface area contributed by atoms with Gasteiger partial charge in [0.05, 0.1) is 0 Å². The number of rotatable bonds is 5. The van der Waals surface area contributed by atoms with Gasteiger partial charge in [-0.1, -0.05) is 18.2 Å². The van der Waals surface area contributed by atoms with Crippen molar-refractivity contribution in [3.05, 3.63) is 36.0 Å². The Hall–Kier alpha value is -2.34. The number of ether oxygens (including phenoxy) is 1. The summed E-state index contributed by atoms with van der Waals surface area (Å²) in [6.07, 6.45) is 0.0538. The summed E-state index contributed by atoms with van der Waals surface area (Å²) in [5.41, 5.74) is 2.36. The van der Waals surface area contributed by atoms with E-state index in [9.17, 15) is 9.59 Å². The lowest BCUT2D eigenvalue weighted by Gasteiger charge is -2.33. The summed E-state index contributed by atoms with van der Waals surface area (Å²) in [6, 6.07) is 10.4. The lowest BCUT2D eigenvalue weighted by atomic mass is 9.93. The lowest BCUT2D eigenvalue weighted by Crippen LogP contribution is -2.44. The van der Waals surface area contributed by atoms with Crippen LogP contribution in [0.5, 0.6) is 0 Å². The van der Waals surface area contributed by atoms with Crippen LogP contribution in [0, 0.1) is 0 Å². The fraction of sp³-hybridized carbons (Fsp3) is 0.474. The molecule has 1 fully saturated rings. The van der Waals surface area contributed by atoms with Gasteiger partial charge in [-0.3, -0.25) is 4.79 Å². The molecule has 2 unspecified atom stereocenters. The minimum atomic E-state index is -1.06. The second kappa shape index (κ2) is 7.27. The number of aromatic nitrogens is 1. The lowest BCUT2D eigenvalue weighted by molar-refractivity contribution is -0.159. The Balaban J connectivity index is 1.57. The van der Waals surface area contributed by atoms with Crippen molar-refractivity contribution in [1.82, 2.24) is 9.88 Å². The summed E-state index contributed by atoms with van der Waals surface area (Å²) in [5.74, 6) is -0.786. The van der Waals surface area contributed by atoms with Gasteiger partial charge in [0.2, 0.25) is 0 Å². The molecule has 2 N–H and O–H groups in total. The molecule has 1 aromatic carbocycles. The zero-order chi connectivity index (χ0) is 18.0. The van der Waals surface area contributed by atoms with Crippen molar-refractivity contribution in [2.45, 2.75) is 44.8 Å². The van der Waals surface area contributed by atoms with E-state index < -0.39 is 18.2 Å². The number of nitrogens with one attached hydrogen (secondary N) is 1. The van der Waals surface area contributed by atoms with E-state index in [0.29, 0.717) is 19.0 Å². The topological polar surface area (TPSA) is 82.6 Å². The quantitative estimate of drug-likeness (QED) is 0.874. The van der Waals surface area contributed by atoms with Crippen molar-refractivity contribution in [3.8, 4) is 0 Å². The van der Waals surface area contributed by atoms with E-state index in [1.807, 2.05) is 12.1 Å². The molecule has 1 aromatic heterocycles. The van der Waals surface area contributed by atoms with E-state index in [-0.39, 0.29) is 5.91 Å². The van der Waals surface area contributed by atoms with Crippen molar-refractivity contribution < 1.29 is 19.4 Å². The number of para-hydroxylation sites is 1. The number of likely N-dealkylation sites (tertiary alicyclic amines) is 1. The zero-order valence-electron chi connectivity index (χ0n) is 14.6. The van der Waals surface area contributed by atoms with Crippen LogP contribution in [0.2, 0.25) is 0 Å². The van der Waals surface area contributed by atoms with Gasteiger partial charge in [-0.15, -0.1) is 0 Å². The average Bonchev–Trinajstić information content (AvgIpc) is 3.05. The summed E-state index contributed by atoms with van der Waals surface area (Å²) >= 11 is 0. The van der Waals surface area contributed by atoms with Crippen molar-refractivity contribution in [2.75, 3.05) is 13.1 Å². The predicted octanol–water partition coefficient (Wildman–Crippen LogP) is 2.75. The summed E-state index contributed by atoms with van der Waals surface area (Å²) in [7, 11) is 0. The molecular weight excluding hydrogens is 320 g/mol. The predicted molar refractivity (Wildman–Crippen MR) is 94.5 cm³/mol. The third-order valence-corrected chi connectivity index (χ3v) is 4.90. The number of H-pyrrole nitrogens is 1. The number of fused-ring (bicyclic) bond motifs is 1. The van der Waals surface area contributed by atoms with Crippen LogP contribution < -0.4 is 0 Å². The smallest absolute Gasteiger partial charge is 0.332 e. The summed E-state index contributed by atoms with van der Waals surface area (Å²) < 4.78 is 5.28. The van der Waals surface area contributed by atoms with E-state index in [2.05, 4.69) is 23.2 Å². The number of amides is 1. The van der Waals surface area contributed by atoms with E-state index in [1.54, 1.807) is 11.8 Å². The van der Waals surface area contributed by atoms with E-state index in [1.165, 1.54) is 18.0 Å². The molecule has 2 aromatic rings. The van der Waals surface area contributed by atoms with Gasteiger partial charge >= 0.3 is 5.97 Å². The highest BCUT2D eigenvalue weighted by atomic mass is 16.5. The molecule has 0 radical (unpaired) electrons. The van der Waals surface area contributed by atoms with Gasteiger partial charge in [0.15, 0.2) is 6.10 Å². The van der Waals surface area contributed by atoms with Gasteiger partial charge in [-0.25, -0.2) is 4.79 Å². The first-order valence-corrected chi connectivity index (χ1v) is 8.70. The highest BCUT2D eigenvalue weighted by molar-refractivity contribution is 5.82. The molecule has 6 nitrogen and oxygen atoms in total. The number of benzene rings is 1. The fourth-order valence-electron chi connectivity index (χ4n) is 3.41. The van der Waals surface area contributed by atoms with Gasteiger partial charge < -0.3 is 19.7 Å². The van der Waals surface area contributed by atoms with Crippen LogP contribution in [0.1, 0.15) is 38.3 Å². The van der Waals surface area contributed by atoms with Crippen LogP contribution in [0.4, 0.5) is 0 Å². The normalized spacial score (nSPS) is 18.2. The Morgan fingerprint density at radius 2 is 1.88 bits per heavy atom. The first kappa shape index (κ1) is 17.5. The maximum Gasteiger partial charge on any atom is 0.332 e. The molecule has 25 heavy (non-hydrogen) atoms. The summed E-state index contributed by atoms with van der Waals surface area (Å²) in [5, 5.41) is 10.1. The molecule has 2 heterocycles. The molecule has 0 bridgehead atoms. The molecule has 1 aliphatic rings. The Morgan fingerprint density at radius 3 is 2.52 bits per heavy atom. The average molecular weight is 344 g/mol. The highest BCUT2D eigenvalue weighted by Gasteiger charge is 2.29. The van der Waals surface area contributed by atoms with Crippen molar-refractivity contribution in [1.29, 1.82) is 0 Å². The third-order valence-electron chi connectivity index (χ3n) is 4.90. The molecule has 1 saturated heterocycles. The molecular formula is C19H24N2O4. The Morgan fingerprint density at radius 1 is 1.20 bits per heavy atom. The molecule has 0 spiro atoms. The SMILES string of the molecule is CC(OC(C)C(=O)N1CCC(c2cc3ccccc3[nH]2)CC1)C(=O)O. The number of hydrogen-bond acceptors (Lipinski definition) is 3. The van der Waals surface area contributed by atoms with Gasteiger partial charge in [-0.05, 0) is 44.2 Å². The second-order valence-electron chi connectivity index (χ2n) is 6.67. The monoisotopic (exact) mass is 344 g/mol. The molecule has 2 atom stereocenters. The molecule has 6 heteroatoms. The van der Waals surface area contributed by atoms with Crippen LogP contribution >= 0.6 is 0 Å². The van der Waals surface area contributed by atoms with Gasteiger partial charge in [0.1, 0.15) is 6.10 Å². The van der Waals surface area contributed by atoms with E-state index in [0.717, 1.165) is 18.4 Å². The number of aromatic amines is 1. The second-order valence-corrected chi connectivity index (χ2v) is 6.67. The maximum atomic E-state index is 12.4. The molecule has 3 rings (SSSR count). The Kier molecular flexibility index (Phi) is 5.08. The number of aliphatic carboxylic acids is 1. The number of hydrogen-bond donors (Lipinski definition) is 2. The molecule has 1 aliphatic heterocycles. The highest BCUT2D eigenvalue weighted by Crippen LogP contribution is 2.30. The number of piperidine rings is 1. The first-order valence-electron chi connectivity index (χ1n) is 8.70. The Labute approximate surface area is 146 Å². The van der Waals surface area contributed by atoms with E-state index in [4.69, 9.17) is 9.84 Å². The third kappa shape index (κ3) is 3.85. The van der Waals surface area contributed by atoms with Crippen molar-refractivity contribution in [3.63, 3.8) is 0 Å². The van der Waals surface area contributed by atoms with Crippen LogP contribution in [0.3, 0.4) is 0 Å². The molecule has 0 saturated carbocycles. The summed E-state index contributed by atoms with van der Waals surface area (Å²) in [4.78, 5) is 28.5. The van der Waals surface area contributed by atoms with Crippen molar-refractivity contribution >= 4 is 22.8 Å².